The van der Waals surface area contributed by atoms with Gasteiger partial charge in [-0.15, -0.1) is 0 Å². The quantitative estimate of drug-likeness (QED) is 0.590. The fourth-order valence-corrected chi connectivity index (χ4v) is 3.34. The fourth-order valence-electron chi connectivity index (χ4n) is 3.34. The highest BCUT2D eigenvalue weighted by Gasteiger charge is 2.44. The van der Waals surface area contributed by atoms with Gasteiger partial charge >= 0.3 is 23.9 Å². The van der Waals surface area contributed by atoms with Crippen LogP contribution in [0.2, 0.25) is 0 Å². The molecule has 3 aliphatic rings. The fraction of sp³-hybridized carbons (Fsp3) is 0.625. The second kappa shape index (κ2) is 6.26. The van der Waals surface area contributed by atoms with E-state index in [4.69, 9.17) is 0 Å². The standard InChI is InChI=1S/C16H22N4O4/c1-11-9-17-5-3-6-18-10-12(2)14(22)20(16(18)24)8-4-7-19(13(11)21)15(17)23/h9-12H,3-8H2,1-2H3/q+2. The lowest BCUT2D eigenvalue weighted by Crippen LogP contribution is -2.54. The highest BCUT2D eigenvalue weighted by molar-refractivity contribution is 6.04. The Balaban J connectivity index is 1.90. The van der Waals surface area contributed by atoms with Gasteiger partial charge in [-0.05, 0) is 13.8 Å². The van der Waals surface area contributed by atoms with E-state index in [9.17, 15) is 19.2 Å². The number of rotatable bonds is 0. The Morgan fingerprint density at radius 3 is 1.62 bits per heavy atom. The van der Waals surface area contributed by atoms with E-state index in [2.05, 4.69) is 0 Å². The molecule has 8 nitrogen and oxygen atoms in total. The van der Waals surface area contributed by atoms with Crippen LogP contribution in [0.25, 0.3) is 0 Å². The molecule has 0 aromatic rings. The Labute approximate surface area is 140 Å². The predicted molar refractivity (Wildman–Crippen MR) is 84.2 cm³/mol. The average Bonchev–Trinajstić information content (AvgIpc) is 2.54. The molecular weight excluding hydrogens is 312 g/mol. The molecule has 2 unspecified atom stereocenters. The van der Waals surface area contributed by atoms with Gasteiger partial charge in [0.25, 0.3) is 0 Å². The van der Waals surface area contributed by atoms with Crippen LogP contribution in [0.15, 0.2) is 0 Å². The second-order valence-electron chi connectivity index (χ2n) is 6.51. The van der Waals surface area contributed by atoms with Crippen LogP contribution >= 0.6 is 0 Å². The number of nitrogens with zero attached hydrogens (tertiary/aromatic N) is 4. The van der Waals surface area contributed by atoms with Gasteiger partial charge in [0.05, 0.1) is 25.5 Å². The Morgan fingerprint density at radius 1 is 0.792 bits per heavy atom. The summed E-state index contributed by atoms with van der Waals surface area (Å²) in [4.78, 5) is 51.9. The number of imide groups is 2. The number of fused-ring (bicyclic) bond motifs is 4. The molecule has 2 atom stereocenters. The van der Waals surface area contributed by atoms with Crippen LogP contribution in [0, 0.1) is 11.8 Å². The number of carbonyl (C=O) groups excluding carboxylic acids is 4. The van der Waals surface area contributed by atoms with Crippen LogP contribution in [0.4, 0.5) is 9.59 Å². The zero-order chi connectivity index (χ0) is 17.4. The van der Waals surface area contributed by atoms with E-state index in [1.807, 2.05) is 0 Å². The number of amides is 6. The summed E-state index contributed by atoms with van der Waals surface area (Å²) in [7, 11) is 0. The lowest BCUT2D eigenvalue weighted by Gasteiger charge is -2.25. The largest absolute Gasteiger partial charge is 0.500 e. The molecule has 6 amide bonds. The van der Waals surface area contributed by atoms with Crippen molar-refractivity contribution in [1.82, 2.24) is 9.80 Å². The van der Waals surface area contributed by atoms with E-state index >= 15 is 0 Å². The van der Waals surface area contributed by atoms with Crippen molar-refractivity contribution in [2.45, 2.75) is 26.7 Å². The van der Waals surface area contributed by atoms with Crippen molar-refractivity contribution in [3.05, 3.63) is 0 Å². The van der Waals surface area contributed by atoms with Gasteiger partial charge in [0, 0.05) is 12.8 Å². The Bertz CT molecular complexity index is 626. The van der Waals surface area contributed by atoms with Gasteiger partial charge in [-0.3, -0.25) is 0 Å². The summed E-state index contributed by atoms with van der Waals surface area (Å²) < 4.78 is 3.13. The van der Waals surface area contributed by atoms with Crippen LogP contribution < -0.4 is 0 Å². The molecule has 3 heterocycles. The van der Waals surface area contributed by atoms with Gasteiger partial charge in [-0.2, -0.15) is 19.4 Å². The maximum absolute atomic E-state index is 12.5. The Hall–Kier alpha value is -2.38. The lowest BCUT2D eigenvalue weighted by atomic mass is 10.1. The third-order valence-corrected chi connectivity index (χ3v) is 4.63. The first-order chi connectivity index (χ1) is 11.4. The first-order valence-corrected chi connectivity index (χ1v) is 8.34. The van der Waals surface area contributed by atoms with Crippen molar-refractivity contribution in [2.24, 2.45) is 11.8 Å². The van der Waals surface area contributed by atoms with Gasteiger partial charge in [0.15, 0.2) is 0 Å². The summed E-state index contributed by atoms with van der Waals surface area (Å²) in [6.07, 6.45) is 4.28. The zero-order valence-electron chi connectivity index (χ0n) is 14.0. The van der Waals surface area contributed by atoms with Crippen LogP contribution in [-0.2, 0) is 9.59 Å². The highest BCUT2D eigenvalue weighted by Crippen LogP contribution is 2.14. The zero-order valence-corrected chi connectivity index (χ0v) is 14.0. The molecule has 24 heavy (non-hydrogen) atoms. The molecule has 3 rings (SSSR count). The van der Waals surface area contributed by atoms with Gasteiger partial charge in [0.2, 0.25) is 0 Å². The summed E-state index contributed by atoms with van der Waals surface area (Å²) in [6, 6.07) is -0.632. The highest BCUT2D eigenvalue weighted by atomic mass is 16.2. The van der Waals surface area contributed by atoms with Crippen molar-refractivity contribution in [3.63, 3.8) is 0 Å². The van der Waals surface area contributed by atoms with Crippen molar-refractivity contribution < 1.29 is 28.3 Å². The number of hydrogen-bond donors (Lipinski definition) is 0. The number of urea groups is 2. The molecule has 3 aliphatic heterocycles. The minimum Gasteiger partial charge on any atom is -0.246 e. The normalized spacial score (nSPS) is 28.9. The van der Waals surface area contributed by atoms with Crippen LogP contribution in [0.1, 0.15) is 26.7 Å². The number of carbonyl (C=O) groups is 4. The molecule has 0 N–H and O–H groups in total. The average molecular weight is 334 g/mol. The maximum Gasteiger partial charge on any atom is 0.500 e. The Kier molecular flexibility index (Phi) is 4.29. The molecule has 0 saturated carbocycles. The van der Waals surface area contributed by atoms with Crippen LogP contribution in [0.3, 0.4) is 0 Å². The lowest BCUT2D eigenvalue weighted by molar-refractivity contribution is -0.467. The van der Waals surface area contributed by atoms with Crippen molar-refractivity contribution in [1.29, 1.82) is 0 Å². The van der Waals surface area contributed by atoms with Crippen LogP contribution in [-0.4, -0.2) is 81.4 Å². The van der Waals surface area contributed by atoms with E-state index < -0.39 is 0 Å². The summed E-state index contributed by atoms with van der Waals surface area (Å²) >= 11 is 0. The van der Waals surface area contributed by atoms with E-state index in [0.717, 1.165) is 0 Å². The summed E-state index contributed by atoms with van der Waals surface area (Å²) in [5.41, 5.74) is 0. The predicted octanol–water partition coefficient (Wildman–Crippen LogP) is 0.143. The maximum atomic E-state index is 12.5. The molecule has 0 aromatic carbocycles. The van der Waals surface area contributed by atoms with Crippen molar-refractivity contribution >= 4 is 36.3 Å². The molecule has 8 heteroatoms. The van der Waals surface area contributed by atoms with E-state index in [-0.39, 0.29) is 48.8 Å². The first-order valence-electron chi connectivity index (χ1n) is 8.34. The van der Waals surface area contributed by atoms with Gasteiger partial charge in [-0.1, -0.05) is 0 Å². The van der Waals surface area contributed by atoms with E-state index in [1.54, 1.807) is 35.4 Å². The molecule has 128 valence electrons. The van der Waals surface area contributed by atoms with E-state index in [0.29, 0.717) is 25.9 Å². The third-order valence-electron chi connectivity index (χ3n) is 4.63. The summed E-state index contributed by atoms with van der Waals surface area (Å²) in [5, 5.41) is 0. The van der Waals surface area contributed by atoms with Crippen LogP contribution in [0.5, 0.6) is 0 Å². The minimum absolute atomic E-state index is 0.210. The summed E-state index contributed by atoms with van der Waals surface area (Å²) in [6.45, 7) is 4.83. The Morgan fingerprint density at radius 2 is 1.21 bits per heavy atom. The molecule has 1 fully saturated rings. The van der Waals surface area contributed by atoms with Gasteiger partial charge in [0.1, 0.15) is 24.9 Å². The minimum atomic E-state index is -0.347. The first kappa shape index (κ1) is 16.5. The van der Waals surface area contributed by atoms with Gasteiger partial charge < -0.3 is 0 Å². The molecule has 4 bridgehead atoms. The molecule has 1 saturated heterocycles. The van der Waals surface area contributed by atoms with Crippen molar-refractivity contribution in [2.75, 3.05) is 26.2 Å². The summed E-state index contributed by atoms with van der Waals surface area (Å²) in [5.74, 6) is -1.15. The SMILES string of the molecule is CC1C=[N+]2CCC[N+]3=CC(C)C(=O)N(CCCN(C1=O)C2=O)C3=O. The topological polar surface area (TPSA) is 80.8 Å². The van der Waals surface area contributed by atoms with Gasteiger partial charge in [-0.25, -0.2) is 18.7 Å². The molecular formula is C16H22N4O4+2. The number of hydrogen-bond acceptors (Lipinski definition) is 4. The van der Waals surface area contributed by atoms with E-state index in [1.165, 1.54) is 9.80 Å². The smallest absolute Gasteiger partial charge is 0.246 e. The second-order valence-corrected chi connectivity index (χ2v) is 6.51. The molecule has 0 radical (unpaired) electrons. The molecule has 0 aliphatic carbocycles. The van der Waals surface area contributed by atoms with Crippen molar-refractivity contribution in [3.8, 4) is 0 Å². The third kappa shape index (κ3) is 2.76. The molecule has 0 spiro atoms. The molecule has 0 aromatic heterocycles. The monoisotopic (exact) mass is 334 g/mol.